The van der Waals surface area contributed by atoms with Gasteiger partial charge in [-0.05, 0) is 19.4 Å². The number of carbonyl (C=O) groups excluding carboxylic acids is 1. The first kappa shape index (κ1) is 16.6. The topological polar surface area (TPSA) is 45.1 Å². The minimum absolute atomic E-state index is 0.296. The van der Waals surface area contributed by atoms with Crippen LogP contribution in [0.5, 0.6) is 0 Å². The summed E-state index contributed by atoms with van der Waals surface area (Å²) in [7, 11) is 3.50. The molecule has 0 aromatic rings. The maximum absolute atomic E-state index is 12.9. The van der Waals surface area contributed by atoms with Crippen LogP contribution in [0, 0.1) is 5.41 Å². The van der Waals surface area contributed by atoms with E-state index >= 15 is 0 Å². The minimum atomic E-state index is -2.76. The molecule has 1 amide bonds. The van der Waals surface area contributed by atoms with Crippen molar-refractivity contribution >= 4 is 12.1 Å². The highest BCUT2D eigenvalue weighted by atomic mass is 19.3. The highest BCUT2D eigenvalue weighted by Gasteiger charge is 2.45. The number of hydrogen-bond donors (Lipinski definition) is 0. The quantitative estimate of drug-likeness (QED) is 0.574. The summed E-state index contributed by atoms with van der Waals surface area (Å²) in [6, 6.07) is -0.454. The maximum Gasteiger partial charge on any atom is 0.258 e. The number of carbonyl (C=O) groups is 1. The van der Waals surface area contributed by atoms with Crippen LogP contribution in [0.4, 0.5) is 8.78 Å². The standard InChI is InChI=1S/C13H21F2N3O2/c1-9(8-16-17(4)5)10-6-7-20-18(10)12(19)13(2,3)11(14)15/h8,10-11H,1,6-7H2,2-5H3/b16-8-/t10-/m0/s1. The third kappa shape index (κ3) is 3.53. The largest absolute Gasteiger partial charge is 0.303 e. The third-order valence-electron chi connectivity index (χ3n) is 3.08. The molecular weight excluding hydrogens is 268 g/mol. The molecule has 7 heteroatoms. The molecule has 1 fully saturated rings. The molecule has 1 saturated heterocycles. The Bertz CT molecular complexity index is 408. The Kier molecular flexibility index (Phi) is 5.21. The third-order valence-corrected chi connectivity index (χ3v) is 3.08. The normalized spacial score (nSPS) is 19.9. The summed E-state index contributed by atoms with van der Waals surface area (Å²) in [4.78, 5) is 17.4. The van der Waals surface area contributed by atoms with Crippen LogP contribution < -0.4 is 0 Å². The van der Waals surface area contributed by atoms with Crippen molar-refractivity contribution in [1.29, 1.82) is 0 Å². The van der Waals surface area contributed by atoms with Crippen LogP contribution in [0.2, 0.25) is 0 Å². The second-order valence-electron chi connectivity index (χ2n) is 5.46. The number of rotatable bonds is 5. The Morgan fingerprint density at radius 2 is 2.15 bits per heavy atom. The number of amides is 1. The molecule has 1 heterocycles. The highest BCUT2D eigenvalue weighted by molar-refractivity contribution is 5.85. The Labute approximate surface area is 117 Å². The van der Waals surface area contributed by atoms with Gasteiger partial charge in [-0.2, -0.15) is 5.10 Å². The molecule has 114 valence electrons. The Balaban J connectivity index is 2.85. The lowest BCUT2D eigenvalue weighted by Gasteiger charge is -2.31. The lowest BCUT2D eigenvalue weighted by molar-refractivity contribution is -0.191. The van der Waals surface area contributed by atoms with E-state index in [0.29, 0.717) is 18.6 Å². The average Bonchev–Trinajstić information content (AvgIpc) is 2.83. The smallest absolute Gasteiger partial charge is 0.258 e. The molecule has 1 atom stereocenters. The summed E-state index contributed by atoms with van der Waals surface area (Å²) in [5.41, 5.74) is -1.24. The van der Waals surface area contributed by atoms with Crippen molar-refractivity contribution < 1.29 is 18.4 Å². The molecule has 0 N–H and O–H groups in total. The summed E-state index contributed by atoms with van der Waals surface area (Å²) >= 11 is 0. The van der Waals surface area contributed by atoms with E-state index in [2.05, 4.69) is 11.7 Å². The first-order valence-corrected chi connectivity index (χ1v) is 6.32. The second-order valence-corrected chi connectivity index (χ2v) is 5.46. The van der Waals surface area contributed by atoms with Gasteiger partial charge in [0, 0.05) is 20.5 Å². The predicted molar refractivity (Wildman–Crippen MR) is 72.3 cm³/mol. The van der Waals surface area contributed by atoms with Crippen molar-refractivity contribution in [3.05, 3.63) is 12.2 Å². The van der Waals surface area contributed by atoms with E-state index in [4.69, 9.17) is 4.84 Å². The Morgan fingerprint density at radius 3 is 2.65 bits per heavy atom. The molecule has 0 aliphatic carbocycles. The fourth-order valence-corrected chi connectivity index (χ4v) is 1.66. The fourth-order valence-electron chi connectivity index (χ4n) is 1.66. The number of hydrogen-bond acceptors (Lipinski definition) is 4. The van der Waals surface area contributed by atoms with Crippen molar-refractivity contribution in [2.24, 2.45) is 10.5 Å². The Hall–Kier alpha value is -1.50. The number of hydrazone groups is 1. The average molecular weight is 289 g/mol. The van der Waals surface area contributed by atoms with Gasteiger partial charge in [0.05, 0.1) is 18.9 Å². The Morgan fingerprint density at radius 1 is 1.55 bits per heavy atom. The van der Waals surface area contributed by atoms with E-state index in [9.17, 15) is 13.6 Å². The van der Waals surface area contributed by atoms with Gasteiger partial charge in [0.25, 0.3) is 12.3 Å². The van der Waals surface area contributed by atoms with Gasteiger partial charge in [-0.15, -0.1) is 0 Å². The van der Waals surface area contributed by atoms with Crippen molar-refractivity contribution in [3.8, 4) is 0 Å². The van der Waals surface area contributed by atoms with Gasteiger partial charge in [-0.25, -0.2) is 13.8 Å². The van der Waals surface area contributed by atoms with Crippen LogP contribution in [0.3, 0.4) is 0 Å². The molecular formula is C13H21F2N3O2. The van der Waals surface area contributed by atoms with Crippen molar-refractivity contribution in [3.63, 3.8) is 0 Å². The van der Waals surface area contributed by atoms with Crippen LogP contribution >= 0.6 is 0 Å². The van der Waals surface area contributed by atoms with Crippen LogP contribution in [-0.4, -0.2) is 55.4 Å². The van der Waals surface area contributed by atoms with E-state index < -0.39 is 23.8 Å². The first-order chi connectivity index (χ1) is 9.17. The van der Waals surface area contributed by atoms with Gasteiger partial charge in [-0.1, -0.05) is 6.58 Å². The second kappa shape index (κ2) is 6.30. The van der Waals surface area contributed by atoms with Gasteiger partial charge in [0.1, 0.15) is 5.41 Å². The first-order valence-electron chi connectivity index (χ1n) is 6.32. The maximum atomic E-state index is 12.9. The van der Waals surface area contributed by atoms with Crippen molar-refractivity contribution in [1.82, 2.24) is 10.1 Å². The van der Waals surface area contributed by atoms with Gasteiger partial charge in [0.15, 0.2) is 0 Å². The molecule has 0 radical (unpaired) electrons. The minimum Gasteiger partial charge on any atom is -0.303 e. The van der Waals surface area contributed by atoms with Crippen molar-refractivity contribution in [2.75, 3.05) is 20.7 Å². The lowest BCUT2D eigenvalue weighted by Crippen LogP contribution is -2.46. The predicted octanol–water partition coefficient (Wildman–Crippen LogP) is 1.91. The zero-order valence-corrected chi connectivity index (χ0v) is 12.3. The van der Waals surface area contributed by atoms with Crippen LogP contribution in [0.1, 0.15) is 20.3 Å². The van der Waals surface area contributed by atoms with Crippen LogP contribution in [0.15, 0.2) is 17.3 Å². The molecule has 20 heavy (non-hydrogen) atoms. The summed E-state index contributed by atoms with van der Waals surface area (Å²) in [5.74, 6) is -0.741. The zero-order valence-electron chi connectivity index (χ0n) is 12.3. The zero-order chi connectivity index (χ0) is 15.5. The van der Waals surface area contributed by atoms with E-state index in [0.717, 1.165) is 5.06 Å². The summed E-state index contributed by atoms with van der Waals surface area (Å²) in [5, 5.41) is 6.62. The van der Waals surface area contributed by atoms with Crippen LogP contribution in [0.25, 0.3) is 0 Å². The molecule has 0 spiro atoms. The van der Waals surface area contributed by atoms with Crippen molar-refractivity contribution in [2.45, 2.75) is 32.7 Å². The highest BCUT2D eigenvalue weighted by Crippen LogP contribution is 2.31. The van der Waals surface area contributed by atoms with E-state index in [1.54, 1.807) is 19.1 Å². The molecule has 1 aliphatic heterocycles. The van der Waals surface area contributed by atoms with Crippen LogP contribution in [-0.2, 0) is 9.63 Å². The molecule has 0 aromatic carbocycles. The monoisotopic (exact) mass is 289 g/mol. The summed E-state index contributed by atoms with van der Waals surface area (Å²) < 4.78 is 25.9. The number of hydroxylamine groups is 2. The van der Waals surface area contributed by atoms with Gasteiger partial charge >= 0.3 is 0 Å². The molecule has 1 aliphatic rings. The molecule has 0 aromatic heterocycles. The number of nitrogens with zero attached hydrogens (tertiary/aromatic N) is 3. The van der Waals surface area contributed by atoms with Gasteiger partial charge in [0.2, 0.25) is 0 Å². The molecule has 5 nitrogen and oxygen atoms in total. The van der Waals surface area contributed by atoms with E-state index in [1.807, 2.05) is 0 Å². The molecule has 0 unspecified atom stereocenters. The summed E-state index contributed by atoms with van der Waals surface area (Å²) in [6.45, 7) is 6.53. The molecule has 1 rings (SSSR count). The molecule has 0 bridgehead atoms. The van der Waals surface area contributed by atoms with E-state index in [-0.39, 0.29) is 0 Å². The number of alkyl halides is 2. The van der Waals surface area contributed by atoms with Gasteiger partial charge < -0.3 is 5.01 Å². The summed E-state index contributed by atoms with van der Waals surface area (Å²) in [6.07, 6.45) is -0.734. The fraction of sp³-hybridized carbons (Fsp3) is 0.692. The van der Waals surface area contributed by atoms with E-state index in [1.165, 1.54) is 20.1 Å². The molecule has 0 saturated carbocycles. The lowest BCUT2D eigenvalue weighted by atomic mass is 9.92. The number of halogens is 2. The van der Waals surface area contributed by atoms with Gasteiger partial charge in [-0.3, -0.25) is 9.63 Å². The SMILES string of the molecule is C=C(/C=N\N(C)C)[C@@H]1CCON1C(=O)C(C)(C)C(F)F.